The van der Waals surface area contributed by atoms with Crippen LogP contribution >= 0.6 is 0 Å². The van der Waals surface area contributed by atoms with Gasteiger partial charge in [-0.15, -0.1) is 0 Å². The molecule has 0 atom stereocenters. The van der Waals surface area contributed by atoms with Gasteiger partial charge in [0, 0.05) is 22.0 Å². The molecule has 1 heteroatoms. The van der Waals surface area contributed by atoms with Gasteiger partial charge in [0.05, 0.1) is 17.9 Å². The maximum Gasteiger partial charge on any atom is 0.0629 e. The summed E-state index contributed by atoms with van der Waals surface area (Å²) in [5.41, 5.74) is 4.75. The molecule has 0 N–H and O–H groups in total. The molecule has 0 spiro atoms. The number of nitrogens with zero attached hydrogens (tertiary/aromatic N) is 1. The minimum atomic E-state index is -0.384. The molecule has 124 valence electrons. The fraction of sp³-hybridized carbons (Fsp3) is 0.0400. The van der Waals surface area contributed by atoms with E-state index in [1.54, 1.807) is 0 Å². The molecule has 0 saturated heterocycles. The minimum Gasteiger partial charge on any atom is -0.308 e. The number of hydrogen-bond acceptors (Lipinski definition) is 0. The second-order valence-corrected chi connectivity index (χ2v) is 6.34. The maximum atomic E-state index is 8.52. The van der Waals surface area contributed by atoms with Gasteiger partial charge >= 0.3 is 0 Å². The van der Waals surface area contributed by atoms with E-state index in [1.165, 1.54) is 0 Å². The summed E-state index contributed by atoms with van der Waals surface area (Å²) >= 11 is 0. The maximum absolute atomic E-state index is 8.52. The second kappa shape index (κ2) is 5.89. The molecule has 0 unspecified atom stereocenters. The zero-order chi connectivity index (χ0) is 21.9. The quantitative estimate of drug-likeness (QED) is 0.335. The number of hydrogen-bond donors (Lipinski definition) is 0. The predicted molar refractivity (Wildman–Crippen MR) is 111 cm³/mol. The topological polar surface area (TPSA) is 4.93 Å². The number of para-hydroxylation sites is 3. The van der Waals surface area contributed by atoms with Crippen LogP contribution in [0.5, 0.6) is 0 Å². The first-order valence-corrected chi connectivity index (χ1v) is 8.57. The van der Waals surface area contributed by atoms with Crippen molar-refractivity contribution in [1.29, 1.82) is 0 Å². The van der Waals surface area contributed by atoms with E-state index in [0.717, 1.165) is 33.1 Å². The largest absolute Gasteiger partial charge is 0.308 e. The van der Waals surface area contributed by atoms with E-state index in [0.29, 0.717) is 5.56 Å². The fourth-order valence-electron chi connectivity index (χ4n) is 3.67. The lowest BCUT2D eigenvalue weighted by Crippen LogP contribution is -1.97. The van der Waals surface area contributed by atoms with E-state index in [4.69, 9.17) is 6.85 Å². The van der Waals surface area contributed by atoms with Crippen LogP contribution in [-0.4, -0.2) is 4.57 Å². The molecule has 0 aliphatic carbocycles. The summed E-state index contributed by atoms with van der Waals surface area (Å²) in [6, 6.07) is 20.4. The Hall–Kier alpha value is -3.32. The molecular formula is C25H19N. The van der Waals surface area contributed by atoms with Crippen LogP contribution < -0.4 is 0 Å². The van der Waals surface area contributed by atoms with E-state index in [-0.39, 0.29) is 35.8 Å². The Kier molecular flexibility index (Phi) is 2.41. The van der Waals surface area contributed by atoms with Crippen molar-refractivity contribution in [2.24, 2.45) is 0 Å². The number of rotatable bonds is 2. The highest BCUT2D eigenvalue weighted by Gasteiger charge is 2.16. The van der Waals surface area contributed by atoms with E-state index in [9.17, 15) is 0 Å². The van der Waals surface area contributed by atoms with Gasteiger partial charge in [0.25, 0.3) is 0 Å². The highest BCUT2D eigenvalue weighted by molar-refractivity contribution is 6.13. The van der Waals surface area contributed by atoms with Crippen LogP contribution in [-0.2, 0) is 0 Å². The average Bonchev–Trinajstić information content (AvgIpc) is 3.12. The van der Waals surface area contributed by atoms with Crippen molar-refractivity contribution in [3.05, 3.63) is 103 Å². The molecule has 0 aliphatic heterocycles. The Labute approximate surface area is 160 Å². The van der Waals surface area contributed by atoms with Crippen molar-refractivity contribution in [2.75, 3.05) is 0 Å². The number of fused-ring (bicyclic) bond motifs is 3. The molecular weight excluding hydrogens is 314 g/mol. The molecule has 1 aromatic heterocycles. The molecule has 0 saturated carbocycles. The fourth-order valence-corrected chi connectivity index (χ4v) is 3.67. The Morgan fingerprint density at radius 3 is 2.31 bits per heavy atom. The molecule has 0 aliphatic rings. The third-order valence-corrected chi connectivity index (χ3v) is 4.82. The second-order valence-electron chi connectivity index (χ2n) is 6.34. The van der Waals surface area contributed by atoms with E-state index in [1.807, 2.05) is 67.6 Å². The molecule has 0 amide bonds. The van der Waals surface area contributed by atoms with Crippen LogP contribution in [0.4, 0.5) is 0 Å². The minimum absolute atomic E-state index is 0.194. The summed E-state index contributed by atoms with van der Waals surface area (Å²) in [5, 5.41) is 2.03. The van der Waals surface area contributed by atoms with Crippen molar-refractivity contribution in [3.63, 3.8) is 0 Å². The molecule has 1 heterocycles. The first-order chi connectivity index (χ1) is 14.9. The molecule has 26 heavy (non-hydrogen) atoms. The van der Waals surface area contributed by atoms with E-state index in [2.05, 4.69) is 10.6 Å². The summed E-state index contributed by atoms with van der Waals surface area (Å²) in [6.45, 7) is 2.04. The number of aromatic nitrogens is 1. The average molecular weight is 338 g/mol. The monoisotopic (exact) mass is 338 g/mol. The molecule has 5 rings (SSSR count). The molecule has 0 fully saturated rings. The zero-order valence-electron chi connectivity index (χ0n) is 19.3. The van der Waals surface area contributed by atoms with Crippen molar-refractivity contribution in [3.8, 4) is 16.8 Å². The van der Waals surface area contributed by atoms with E-state index >= 15 is 0 Å². The highest BCUT2D eigenvalue weighted by atomic mass is 15.0. The van der Waals surface area contributed by atoms with Crippen LogP contribution in [0.3, 0.4) is 0 Å². The lowest BCUT2D eigenvalue weighted by atomic mass is 10.0. The lowest BCUT2D eigenvalue weighted by molar-refractivity contribution is 1.15. The number of benzene rings is 4. The summed E-state index contributed by atoms with van der Waals surface area (Å²) in [4.78, 5) is 0. The van der Waals surface area contributed by atoms with Gasteiger partial charge in [-0.1, -0.05) is 84.8 Å². The van der Waals surface area contributed by atoms with Crippen molar-refractivity contribution in [2.45, 2.75) is 6.92 Å². The molecule has 5 aromatic rings. The first kappa shape index (κ1) is 10.6. The van der Waals surface area contributed by atoms with Crippen molar-refractivity contribution in [1.82, 2.24) is 4.57 Å². The van der Waals surface area contributed by atoms with Crippen molar-refractivity contribution < 1.29 is 6.85 Å². The van der Waals surface area contributed by atoms with Crippen LogP contribution in [0, 0.1) is 6.92 Å². The van der Waals surface area contributed by atoms with Crippen LogP contribution in [0.25, 0.3) is 38.6 Å². The van der Waals surface area contributed by atoms with Gasteiger partial charge in [0.15, 0.2) is 0 Å². The van der Waals surface area contributed by atoms with Gasteiger partial charge in [0.1, 0.15) is 0 Å². The Morgan fingerprint density at radius 2 is 1.46 bits per heavy atom. The molecule has 1 nitrogen and oxygen atoms in total. The third kappa shape index (κ3) is 2.18. The van der Waals surface area contributed by atoms with Crippen LogP contribution in [0.15, 0.2) is 96.9 Å². The standard InChI is InChI=1S/C25H19N/c1-18-10-5-7-16-23(18)26-24-17-8-6-13-21(24)22-15-9-14-20(25(22)26)19-11-3-2-4-12-19/h2-17H,1H3/i2D,3D,4D,11D,12D. The molecule has 0 bridgehead atoms. The SMILES string of the molecule is [2H]c1c([2H])c([2H])c(-c2cccc3c4ccccc4n(-c4ccccc4C)c23)c([2H])c1[2H]. The van der Waals surface area contributed by atoms with Gasteiger partial charge in [-0.05, 0) is 30.2 Å². The highest BCUT2D eigenvalue weighted by Crippen LogP contribution is 2.38. The normalized spacial score (nSPS) is 14.0. The zero-order valence-corrected chi connectivity index (χ0v) is 14.3. The van der Waals surface area contributed by atoms with Crippen molar-refractivity contribution >= 4 is 21.8 Å². The van der Waals surface area contributed by atoms with Gasteiger partial charge in [-0.3, -0.25) is 0 Å². The summed E-state index contributed by atoms with van der Waals surface area (Å²) in [6.07, 6.45) is 0. The summed E-state index contributed by atoms with van der Waals surface area (Å²) < 4.78 is 43.4. The lowest BCUT2D eigenvalue weighted by Gasteiger charge is -2.13. The number of aryl methyl sites for hydroxylation is 1. The smallest absolute Gasteiger partial charge is 0.0629 e. The van der Waals surface area contributed by atoms with Gasteiger partial charge < -0.3 is 4.57 Å². The van der Waals surface area contributed by atoms with E-state index < -0.39 is 0 Å². The predicted octanol–water partition coefficient (Wildman–Crippen LogP) is 6.76. The van der Waals surface area contributed by atoms with Gasteiger partial charge in [-0.2, -0.15) is 0 Å². The summed E-state index contributed by atoms with van der Waals surface area (Å²) in [7, 11) is 0. The van der Waals surface area contributed by atoms with Crippen LogP contribution in [0.1, 0.15) is 12.4 Å². The Morgan fingerprint density at radius 1 is 0.731 bits per heavy atom. The first-order valence-electron chi connectivity index (χ1n) is 11.1. The Balaban J connectivity index is 2.03. The van der Waals surface area contributed by atoms with Gasteiger partial charge in [0.2, 0.25) is 0 Å². The Bertz CT molecular complexity index is 1470. The summed E-state index contributed by atoms with van der Waals surface area (Å²) in [5.74, 6) is 0. The molecule has 0 radical (unpaired) electrons. The molecule has 4 aromatic carbocycles. The van der Waals surface area contributed by atoms with Crippen LogP contribution in [0.2, 0.25) is 0 Å². The third-order valence-electron chi connectivity index (χ3n) is 4.82. The van der Waals surface area contributed by atoms with Gasteiger partial charge in [-0.25, -0.2) is 0 Å².